The smallest absolute Gasteiger partial charge is 0.246 e. The summed E-state index contributed by atoms with van der Waals surface area (Å²) < 4.78 is 1.46. The number of aryl methyl sites for hydroxylation is 1. The third-order valence-electron chi connectivity index (χ3n) is 2.27. The minimum Gasteiger partial charge on any atom is -0.382 e. The lowest BCUT2D eigenvalue weighted by molar-refractivity contribution is -0.116. The number of pyridine rings is 1. The van der Waals surface area contributed by atoms with Gasteiger partial charge in [0.25, 0.3) is 0 Å². The number of nitrogens with one attached hydrogen (secondary N) is 1. The summed E-state index contributed by atoms with van der Waals surface area (Å²) in [6, 6.07) is 3.38. The van der Waals surface area contributed by atoms with Crippen LogP contribution in [0.15, 0.2) is 24.5 Å². The van der Waals surface area contributed by atoms with Crippen molar-refractivity contribution in [3.8, 4) is 0 Å². The molecule has 0 fully saturated rings. The quantitative estimate of drug-likeness (QED) is 0.823. The van der Waals surface area contributed by atoms with Crippen LogP contribution in [-0.2, 0) is 11.3 Å². The Morgan fingerprint density at radius 1 is 1.61 bits per heavy atom. The first-order valence-electron chi connectivity index (χ1n) is 5.25. The summed E-state index contributed by atoms with van der Waals surface area (Å²) in [5, 5.41) is 7.05. The predicted molar refractivity (Wildman–Crippen MR) is 69.3 cm³/mol. The molecule has 0 radical (unpaired) electrons. The molecular formula is C11H12ClN5O. The van der Waals surface area contributed by atoms with Gasteiger partial charge in [-0.2, -0.15) is 5.10 Å². The van der Waals surface area contributed by atoms with Crippen molar-refractivity contribution in [3.05, 3.63) is 35.2 Å². The normalized spacial score (nSPS) is 10.3. The van der Waals surface area contributed by atoms with Gasteiger partial charge in [0.1, 0.15) is 17.5 Å². The van der Waals surface area contributed by atoms with Gasteiger partial charge >= 0.3 is 0 Å². The lowest BCUT2D eigenvalue weighted by Gasteiger charge is -2.06. The fraction of sp³-hybridized carbons (Fsp3) is 0.182. The van der Waals surface area contributed by atoms with Crippen LogP contribution in [0.25, 0.3) is 0 Å². The molecule has 0 aliphatic carbocycles. The van der Waals surface area contributed by atoms with Crippen molar-refractivity contribution in [2.24, 2.45) is 0 Å². The molecule has 6 nitrogen and oxygen atoms in total. The largest absolute Gasteiger partial charge is 0.382 e. The number of carbonyl (C=O) groups is 1. The molecule has 0 aliphatic heterocycles. The fourth-order valence-corrected chi connectivity index (χ4v) is 1.54. The molecule has 0 saturated heterocycles. The van der Waals surface area contributed by atoms with Gasteiger partial charge in [0.15, 0.2) is 0 Å². The second kappa shape index (κ2) is 5.05. The van der Waals surface area contributed by atoms with Crippen molar-refractivity contribution in [2.75, 3.05) is 11.1 Å². The molecule has 0 atom stereocenters. The summed E-state index contributed by atoms with van der Waals surface area (Å²) in [5.41, 5.74) is 6.86. The lowest BCUT2D eigenvalue weighted by atomic mass is 10.3. The molecule has 0 bridgehead atoms. The number of halogens is 1. The van der Waals surface area contributed by atoms with Gasteiger partial charge in [-0.1, -0.05) is 11.6 Å². The van der Waals surface area contributed by atoms with Crippen molar-refractivity contribution in [1.82, 2.24) is 14.8 Å². The summed E-state index contributed by atoms with van der Waals surface area (Å²) in [5.74, 6) is 0.174. The first-order chi connectivity index (χ1) is 8.54. The first kappa shape index (κ1) is 12.4. The maximum Gasteiger partial charge on any atom is 0.246 e. The van der Waals surface area contributed by atoms with Gasteiger partial charge in [-0.15, -0.1) is 0 Å². The van der Waals surface area contributed by atoms with E-state index in [0.29, 0.717) is 16.7 Å². The average Bonchev–Trinajstić information content (AvgIpc) is 2.69. The summed E-state index contributed by atoms with van der Waals surface area (Å²) in [7, 11) is 0. The minimum atomic E-state index is -0.207. The molecule has 2 heterocycles. The highest BCUT2D eigenvalue weighted by Gasteiger charge is 2.06. The van der Waals surface area contributed by atoms with E-state index in [1.807, 2.05) is 6.92 Å². The molecule has 94 valence electrons. The summed E-state index contributed by atoms with van der Waals surface area (Å²) >= 11 is 5.80. The molecule has 7 heteroatoms. The first-order valence-corrected chi connectivity index (χ1v) is 5.63. The zero-order chi connectivity index (χ0) is 13.1. The molecule has 0 aromatic carbocycles. The number of carbonyl (C=O) groups excluding carboxylic acids is 1. The van der Waals surface area contributed by atoms with E-state index in [4.69, 9.17) is 17.3 Å². The van der Waals surface area contributed by atoms with E-state index in [9.17, 15) is 4.79 Å². The molecule has 2 aromatic rings. The number of rotatable bonds is 3. The third kappa shape index (κ3) is 2.98. The van der Waals surface area contributed by atoms with Crippen LogP contribution in [-0.4, -0.2) is 20.7 Å². The number of hydrogen-bond donors (Lipinski definition) is 2. The number of nitrogens with zero attached hydrogens (tertiary/aromatic N) is 3. The Bertz CT molecular complexity index is 581. The lowest BCUT2D eigenvalue weighted by Crippen LogP contribution is -2.19. The van der Waals surface area contributed by atoms with E-state index in [2.05, 4.69) is 15.4 Å². The van der Waals surface area contributed by atoms with Crippen LogP contribution in [0.3, 0.4) is 0 Å². The van der Waals surface area contributed by atoms with Crippen molar-refractivity contribution >= 4 is 29.0 Å². The van der Waals surface area contributed by atoms with Crippen LogP contribution in [0.2, 0.25) is 5.15 Å². The standard InChI is InChI=1S/C11H12ClN5O/c1-7-4-8(5-14-11(7)12)15-10(18)6-17-3-2-9(13)16-17/h2-5H,6H2,1H3,(H2,13,16)(H,15,18). The van der Waals surface area contributed by atoms with Crippen LogP contribution in [0.4, 0.5) is 11.5 Å². The highest BCUT2D eigenvalue weighted by Crippen LogP contribution is 2.15. The number of hydrogen-bond acceptors (Lipinski definition) is 4. The Morgan fingerprint density at radius 3 is 3.00 bits per heavy atom. The van der Waals surface area contributed by atoms with Gasteiger partial charge < -0.3 is 11.1 Å². The second-order valence-electron chi connectivity index (χ2n) is 3.82. The van der Waals surface area contributed by atoms with E-state index >= 15 is 0 Å². The van der Waals surface area contributed by atoms with Gasteiger partial charge in [-0.05, 0) is 24.6 Å². The Hall–Kier alpha value is -2.08. The van der Waals surface area contributed by atoms with Gasteiger partial charge in [-0.3, -0.25) is 9.48 Å². The van der Waals surface area contributed by atoms with Gasteiger partial charge in [0.05, 0.1) is 11.9 Å². The Kier molecular flexibility index (Phi) is 3.47. The second-order valence-corrected chi connectivity index (χ2v) is 4.18. The Morgan fingerprint density at radius 2 is 2.39 bits per heavy atom. The molecule has 0 aliphatic rings. The number of nitrogen functional groups attached to an aromatic ring is 1. The van der Waals surface area contributed by atoms with Crippen LogP contribution in [0.5, 0.6) is 0 Å². The SMILES string of the molecule is Cc1cc(NC(=O)Cn2ccc(N)n2)cnc1Cl. The fourth-order valence-electron chi connectivity index (χ4n) is 1.44. The molecule has 2 rings (SSSR count). The monoisotopic (exact) mass is 265 g/mol. The number of aromatic nitrogens is 3. The summed E-state index contributed by atoms with van der Waals surface area (Å²) in [4.78, 5) is 15.7. The van der Waals surface area contributed by atoms with Crippen molar-refractivity contribution in [2.45, 2.75) is 13.5 Å². The van der Waals surface area contributed by atoms with E-state index in [-0.39, 0.29) is 12.5 Å². The maximum absolute atomic E-state index is 11.7. The van der Waals surface area contributed by atoms with E-state index in [1.54, 1.807) is 18.3 Å². The number of amides is 1. The van der Waals surface area contributed by atoms with Crippen molar-refractivity contribution < 1.29 is 4.79 Å². The predicted octanol–water partition coefficient (Wildman–Crippen LogP) is 1.46. The van der Waals surface area contributed by atoms with E-state index in [0.717, 1.165) is 5.56 Å². The number of nitrogens with two attached hydrogens (primary N) is 1. The summed E-state index contributed by atoms with van der Waals surface area (Å²) in [6.07, 6.45) is 3.14. The van der Waals surface area contributed by atoms with Crippen molar-refractivity contribution in [1.29, 1.82) is 0 Å². The topological polar surface area (TPSA) is 85.8 Å². The summed E-state index contributed by atoms with van der Waals surface area (Å²) in [6.45, 7) is 1.91. The Balaban J connectivity index is 2.00. The average molecular weight is 266 g/mol. The maximum atomic E-state index is 11.7. The molecular weight excluding hydrogens is 254 g/mol. The van der Waals surface area contributed by atoms with E-state index < -0.39 is 0 Å². The van der Waals surface area contributed by atoms with Crippen LogP contribution in [0, 0.1) is 6.92 Å². The van der Waals surface area contributed by atoms with Crippen LogP contribution in [0.1, 0.15) is 5.56 Å². The molecule has 0 spiro atoms. The van der Waals surface area contributed by atoms with Crippen LogP contribution >= 0.6 is 11.6 Å². The molecule has 0 saturated carbocycles. The molecule has 2 aromatic heterocycles. The highest BCUT2D eigenvalue weighted by atomic mass is 35.5. The molecule has 0 unspecified atom stereocenters. The zero-order valence-corrected chi connectivity index (χ0v) is 10.5. The molecule has 1 amide bonds. The minimum absolute atomic E-state index is 0.0961. The number of anilines is 2. The van der Waals surface area contributed by atoms with Gasteiger partial charge in [-0.25, -0.2) is 4.98 Å². The Labute approximate surface area is 109 Å². The van der Waals surface area contributed by atoms with E-state index in [1.165, 1.54) is 10.9 Å². The zero-order valence-electron chi connectivity index (χ0n) is 9.72. The molecule has 3 N–H and O–H groups in total. The van der Waals surface area contributed by atoms with Crippen molar-refractivity contribution in [3.63, 3.8) is 0 Å². The highest BCUT2D eigenvalue weighted by molar-refractivity contribution is 6.30. The third-order valence-corrected chi connectivity index (χ3v) is 2.66. The van der Waals surface area contributed by atoms with Crippen LogP contribution < -0.4 is 11.1 Å². The van der Waals surface area contributed by atoms with Gasteiger partial charge in [0.2, 0.25) is 5.91 Å². The van der Waals surface area contributed by atoms with Gasteiger partial charge in [0, 0.05) is 6.20 Å². The molecule has 18 heavy (non-hydrogen) atoms.